The van der Waals surface area contributed by atoms with Gasteiger partial charge in [-0.3, -0.25) is 0 Å². The van der Waals surface area contributed by atoms with E-state index in [1.807, 2.05) is 0 Å². The highest BCUT2D eigenvalue weighted by Gasteiger charge is 2.29. The third-order valence-corrected chi connectivity index (χ3v) is 3.02. The van der Waals surface area contributed by atoms with Gasteiger partial charge in [0.1, 0.15) is 0 Å². The molecule has 1 aliphatic rings. The lowest BCUT2D eigenvalue weighted by Crippen LogP contribution is -2.48. The minimum absolute atomic E-state index is 0.000486. The van der Waals surface area contributed by atoms with Crippen LogP contribution in [0, 0.1) is 0 Å². The van der Waals surface area contributed by atoms with Crippen molar-refractivity contribution in [3.05, 3.63) is 0 Å². The Morgan fingerprint density at radius 2 is 2.15 bits per heavy atom. The zero-order valence-electron chi connectivity index (χ0n) is 8.84. The van der Waals surface area contributed by atoms with Crippen molar-refractivity contribution in [2.75, 3.05) is 33.3 Å². The summed E-state index contributed by atoms with van der Waals surface area (Å²) in [6, 6.07) is 0. The number of rotatable bonds is 3. The van der Waals surface area contributed by atoms with E-state index in [-0.39, 0.29) is 12.1 Å². The molecule has 0 aliphatic carbocycles. The zero-order valence-corrected chi connectivity index (χ0v) is 8.84. The van der Waals surface area contributed by atoms with E-state index in [9.17, 15) is 5.11 Å². The lowest BCUT2D eigenvalue weighted by molar-refractivity contribution is 0.146. The van der Waals surface area contributed by atoms with Crippen molar-refractivity contribution >= 4 is 0 Å². The minimum atomic E-state index is -0.000486. The first-order chi connectivity index (χ1) is 6.22. The lowest BCUT2D eigenvalue weighted by atomic mass is 9.91. The summed E-state index contributed by atoms with van der Waals surface area (Å²) >= 11 is 0. The van der Waals surface area contributed by atoms with Crippen molar-refractivity contribution in [3.63, 3.8) is 0 Å². The molecule has 1 rings (SSSR count). The summed E-state index contributed by atoms with van der Waals surface area (Å²) < 4.78 is 0. The van der Waals surface area contributed by atoms with Crippen molar-refractivity contribution < 1.29 is 5.11 Å². The van der Waals surface area contributed by atoms with E-state index in [0.717, 1.165) is 32.5 Å². The van der Waals surface area contributed by atoms with Gasteiger partial charge < -0.3 is 15.3 Å². The summed E-state index contributed by atoms with van der Waals surface area (Å²) in [5.74, 6) is 0. The van der Waals surface area contributed by atoms with Crippen LogP contribution >= 0.6 is 0 Å². The fourth-order valence-corrected chi connectivity index (χ4v) is 2.09. The molecule has 3 nitrogen and oxygen atoms in total. The van der Waals surface area contributed by atoms with Gasteiger partial charge in [-0.1, -0.05) is 6.92 Å². The Kier molecular flexibility index (Phi) is 4.16. The normalized spacial score (nSPS) is 31.6. The Bertz CT molecular complexity index is 152. The third kappa shape index (κ3) is 2.93. The number of likely N-dealkylation sites (tertiary alicyclic amines) is 1. The van der Waals surface area contributed by atoms with Crippen LogP contribution in [0.15, 0.2) is 0 Å². The number of likely N-dealkylation sites (N-methyl/N-ethyl adjacent to an activating group) is 1. The molecule has 0 bridgehead atoms. The van der Waals surface area contributed by atoms with Gasteiger partial charge in [-0.25, -0.2) is 0 Å². The highest BCUT2D eigenvalue weighted by Crippen LogP contribution is 2.21. The SMILES string of the molecule is CCNC1(CO)CCCN(C)CC1. The third-order valence-electron chi connectivity index (χ3n) is 3.02. The average Bonchev–Trinajstić information content (AvgIpc) is 2.30. The summed E-state index contributed by atoms with van der Waals surface area (Å²) in [6.07, 6.45) is 3.35. The number of hydrogen-bond donors (Lipinski definition) is 2. The smallest absolute Gasteiger partial charge is 0.0613 e. The molecule has 1 saturated heterocycles. The highest BCUT2D eigenvalue weighted by atomic mass is 16.3. The van der Waals surface area contributed by atoms with Crippen LogP contribution in [0.25, 0.3) is 0 Å². The van der Waals surface area contributed by atoms with Crippen molar-refractivity contribution in [2.45, 2.75) is 31.7 Å². The van der Waals surface area contributed by atoms with E-state index >= 15 is 0 Å². The molecular weight excluding hydrogens is 164 g/mol. The van der Waals surface area contributed by atoms with E-state index in [1.54, 1.807) is 0 Å². The molecule has 3 heteroatoms. The molecule has 0 spiro atoms. The maximum atomic E-state index is 9.40. The average molecular weight is 186 g/mol. The Morgan fingerprint density at radius 1 is 1.38 bits per heavy atom. The van der Waals surface area contributed by atoms with Gasteiger partial charge in [-0.05, 0) is 45.9 Å². The van der Waals surface area contributed by atoms with Crippen LogP contribution in [0.1, 0.15) is 26.2 Å². The molecule has 0 radical (unpaired) electrons. The standard InChI is InChI=1S/C10H22N2O/c1-3-11-10(9-13)5-4-7-12(2)8-6-10/h11,13H,3-9H2,1-2H3. The summed E-state index contributed by atoms with van der Waals surface area (Å²) in [5.41, 5.74) is -0.000486. The molecule has 13 heavy (non-hydrogen) atoms. The van der Waals surface area contributed by atoms with Crippen LogP contribution in [-0.2, 0) is 0 Å². The molecule has 1 aliphatic heterocycles. The van der Waals surface area contributed by atoms with E-state index < -0.39 is 0 Å². The van der Waals surface area contributed by atoms with E-state index in [1.165, 1.54) is 6.42 Å². The van der Waals surface area contributed by atoms with Gasteiger partial charge in [-0.15, -0.1) is 0 Å². The Hall–Kier alpha value is -0.120. The first-order valence-corrected chi connectivity index (χ1v) is 5.27. The van der Waals surface area contributed by atoms with Crippen LogP contribution in [-0.4, -0.2) is 48.8 Å². The van der Waals surface area contributed by atoms with Gasteiger partial charge in [0, 0.05) is 5.54 Å². The van der Waals surface area contributed by atoms with E-state index in [2.05, 4.69) is 24.2 Å². The highest BCUT2D eigenvalue weighted by molar-refractivity contribution is 4.89. The quantitative estimate of drug-likeness (QED) is 0.671. The molecule has 1 fully saturated rings. The first-order valence-electron chi connectivity index (χ1n) is 5.27. The second-order valence-electron chi connectivity index (χ2n) is 4.13. The molecule has 2 N–H and O–H groups in total. The molecule has 0 aromatic carbocycles. The van der Waals surface area contributed by atoms with Gasteiger partial charge in [-0.2, -0.15) is 0 Å². The number of aliphatic hydroxyl groups excluding tert-OH is 1. The number of nitrogens with one attached hydrogen (secondary N) is 1. The molecule has 0 aromatic rings. The van der Waals surface area contributed by atoms with Crippen LogP contribution in [0.4, 0.5) is 0 Å². The molecule has 0 aromatic heterocycles. The van der Waals surface area contributed by atoms with Gasteiger partial charge in [0.05, 0.1) is 6.61 Å². The monoisotopic (exact) mass is 186 g/mol. The number of nitrogens with zero attached hydrogens (tertiary/aromatic N) is 1. The molecule has 0 saturated carbocycles. The minimum Gasteiger partial charge on any atom is -0.394 e. The summed E-state index contributed by atoms with van der Waals surface area (Å²) in [6.45, 7) is 5.58. The molecule has 1 heterocycles. The Morgan fingerprint density at radius 3 is 2.77 bits per heavy atom. The molecule has 1 unspecified atom stereocenters. The molecule has 0 amide bonds. The Labute approximate surface area is 81.1 Å². The maximum absolute atomic E-state index is 9.40. The number of hydrogen-bond acceptors (Lipinski definition) is 3. The topological polar surface area (TPSA) is 35.5 Å². The first kappa shape index (κ1) is 11.0. The molecule has 78 valence electrons. The summed E-state index contributed by atoms with van der Waals surface area (Å²) in [5, 5.41) is 12.8. The van der Waals surface area contributed by atoms with Gasteiger partial charge in [0.25, 0.3) is 0 Å². The predicted molar refractivity (Wildman–Crippen MR) is 54.8 cm³/mol. The molecular formula is C10H22N2O. The Balaban J connectivity index is 2.53. The van der Waals surface area contributed by atoms with E-state index in [0.29, 0.717) is 0 Å². The van der Waals surface area contributed by atoms with E-state index in [4.69, 9.17) is 0 Å². The van der Waals surface area contributed by atoms with Crippen molar-refractivity contribution in [1.29, 1.82) is 0 Å². The maximum Gasteiger partial charge on any atom is 0.0613 e. The second kappa shape index (κ2) is 4.94. The summed E-state index contributed by atoms with van der Waals surface area (Å²) in [4.78, 5) is 2.34. The molecule has 1 atom stereocenters. The van der Waals surface area contributed by atoms with Crippen LogP contribution in [0.2, 0.25) is 0 Å². The van der Waals surface area contributed by atoms with Crippen molar-refractivity contribution in [2.24, 2.45) is 0 Å². The largest absolute Gasteiger partial charge is 0.394 e. The van der Waals surface area contributed by atoms with Crippen LogP contribution in [0.5, 0.6) is 0 Å². The lowest BCUT2D eigenvalue weighted by Gasteiger charge is -2.31. The van der Waals surface area contributed by atoms with Gasteiger partial charge in [0.2, 0.25) is 0 Å². The van der Waals surface area contributed by atoms with Crippen LogP contribution in [0.3, 0.4) is 0 Å². The van der Waals surface area contributed by atoms with Crippen molar-refractivity contribution in [3.8, 4) is 0 Å². The van der Waals surface area contributed by atoms with Crippen molar-refractivity contribution in [1.82, 2.24) is 10.2 Å². The van der Waals surface area contributed by atoms with Crippen LogP contribution < -0.4 is 5.32 Å². The predicted octanol–water partition coefficient (Wildman–Crippen LogP) is 0.443. The van der Waals surface area contributed by atoms with Gasteiger partial charge in [0.15, 0.2) is 0 Å². The zero-order chi connectivity index (χ0) is 9.73. The fourth-order valence-electron chi connectivity index (χ4n) is 2.09. The number of aliphatic hydroxyl groups is 1. The summed E-state index contributed by atoms with van der Waals surface area (Å²) in [7, 11) is 2.15. The van der Waals surface area contributed by atoms with Gasteiger partial charge >= 0.3 is 0 Å². The second-order valence-corrected chi connectivity index (χ2v) is 4.13. The fraction of sp³-hybridized carbons (Fsp3) is 1.00.